The van der Waals surface area contributed by atoms with Gasteiger partial charge in [-0.2, -0.15) is 4.31 Å². The quantitative estimate of drug-likeness (QED) is 0.672. The van der Waals surface area contributed by atoms with Crippen LogP contribution in [-0.2, 0) is 20.0 Å². The molecule has 1 amide bonds. The Morgan fingerprint density at radius 2 is 1.53 bits per heavy atom. The number of nitrogens with one attached hydrogen (secondary N) is 2. The van der Waals surface area contributed by atoms with Crippen LogP contribution in [0.1, 0.15) is 29.6 Å². The van der Waals surface area contributed by atoms with E-state index in [0.717, 1.165) is 25.5 Å². The summed E-state index contributed by atoms with van der Waals surface area (Å²) in [5, 5.41) is 2.73. The van der Waals surface area contributed by atoms with Crippen LogP contribution in [0.2, 0.25) is 5.02 Å². The molecule has 0 unspecified atom stereocenters. The Morgan fingerprint density at radius 3 is 2.10 bits per heavy atom. The number of carbonyl (C=O) groups is 1. The molecule has 2 aromatic rings. The highest BCUT2D eigenvalue weighted by Crippen LogP contribution is 2.24. The van der Waals surface area contributed by atoms with E-state index in [2.05, 4.69) is 10.0 Å². The number of halogens is 1. The molecule has 0 saturated carbocycles. The Morgan fingerprint density at radius 1 is 0.933 bits per heavy atom. The number of sulfonamides is 2. The average Bonchev–Trinajstić information content (AvgIpc) is 2.68. The van der Waals surface area contributed by atoms with Crippen LogP contribution in [0.15, 0.2) is 47.4 Å². The molecular weight excluding hydrogens is 450 g/mol. The van der Waals surface area contributed by atoms with Gasteiger partial charge in [-0.1, -0.05) is 18.0 Å². The summed E-state index contributed by atoms with van der Waals surface area (Å²) in [7, 11) is -7.00. The Labute approximate surface area is 181 Å². The van der Waals surface area contributed by atoms with E-state index >= 15 is 0 Å². The zero-order valence-corrected chi connectivity index (χ0v) is 18.6. The van der Waals surface area contributed by atoms with Crippen LogP contribution < -0.4 is 10.0 Å². The topological polar surface area (TPSA) is 113 Å². The summed E-state index contributed by atoms with van der Waals surface area (Å²) in [4.78, 5) is 12.7. The summed E-state index contributed by atoms with van der Waals surface area (Å²) >= 11 is 6.11. The Balaban J connectivity index is 1.71. The SMILES string of the molecule is CS(=O)(=O)Nc1ccc(C(=O)Nc2ccc(S(=O)(=O)N3CCCCC3)cc2)c(Cl)c1. The summed E-state index contributed by atoms with van der Waals surface area (Å²) in [5.74, 6) is -0.502. The van der Waals surface area contributed by atoms with Crippen LogP contribution in [0, 0.1) is 0 Å². The Kier molecular flexibility index (Phi) is 6.71. The summed E-state index contributed by atoms with van der Waals surface area (Å²) in [6, 6.07) is 10.1. The van der Waals surface area contributed by atoms with Crippen molar-refractivity contribution in [3.05, 3.63) is 53.1 Å². The number of amides is 1. The molecule has 0 radical (unpaired) electrons. The molecule has 1 fully saturated rings. The van der Waals surface area contributed by atoms with Gasteiger partial charge >= 0.3 is 0 Å². The lowest BCUT2D eigenvalue weighted by molar-refractivity contribution is 0.102. The maximum atomic E-state index is 12.7. The molecule has 162 valence electrons. The van der Waals surface area contributed by atoms with Gasteiger partial charge in [-0.05, 0) is 55.3 Å². The molecule has 0 aromatic heterocycles. The summed E-state index contributed by atoms with van der Waals surface area (Å²) in [6.07, 6.45) is 3.75. The van der Waals surface area contributed by atoms with Crippen LogP contribution in [0.25, 0.3) is 0 Å². The molecular formula is C19H22ClN3O5S2. The van der Waals surface area contributed by atoms with Crippen LogP contribution in [0.3, 0.4) is 0 Å². The molecule has 0 aliphatic carbocycles. The molecule has 1 heterocycles. The number of hydrogen-bond acceptors (Lipinski definition) is 5. The highest BCUT2D eigenvalue weighted by molar-refractivity contribution is 7.92. The molecule has 1 aliphatic heterocycles. The minimum atomic E-state index is -3.54. The van der Waals surface area contributed by atoms with Crippen LogP contribution in [-0.4, -0.2) is 46.4 Å². The van der Waals surface area contributed by atoms with E-state index in [1.807, 2.05) is 0 Å². The standard InChI is InChI=1S/C19H22ClN3O5S2/c1-29(25,26)22-15-7-10-17(18(20)13-15)19(24)21-14-5-8-16(9-6-14)30(27,28)23-11-3-2-4-12-23/h5-10,13,22H,2-4,11-12H2,1H3,(H,21,24). The molecule has 0 atom stereocenters. The molecule has 2 N–H and O–H groups in total. The smallest absolute Gasteiger partial charge is 0.257 e. The van der Waals surface area contributed by atoms with E-state index in [-0.39, 0.29) is 21.2 Å². The third-order valence-electron chi connectivity index (χ3n) is 4.58. The van der Waals surface area contributed by atoms with Crippen molar-refractivity contribution >= 4 is 48.9 Å². The minimum Gasteiger partial charge on any atom is -0.322 e. The summed E-state index contributed by atoms with van der Waals surface area (Å²) < 4.78 is 51.7. The van der Waals surface area contributed by atoms with Gasteiger partial charge in [0, 0.05) is 24.5 Å². The maximum absolute atomic E-state index is 12.7. The molecule has 0 bridgehead atoms. The zero-order valence-electron chi connectivity index (χ0n) is 16.3. The predicted molar refractivity (Wildman–Crippen MR) is 117 cm³/mol. The van der Waals surface area contributed by atoms with Gasteiger partial charge in [-0.3, -0.25) is 9.52 Å². The van der Waals surface area contributed by atoms with Gasteiger partial charge in [-0.25, -0.2) is 16.8 Å². The van der Waals surface area contributed by atoms with E-state index in [4.69, 9.17) is 11.6 Å². The van der Waals surface area contributed by atoms with Crippen LogP contribution in [0.5, 0.6) is 0 Å². The van der Waals surface area contributed by atoms with Crippen molar-refractivity contribution in [2.75, 3.05) is 29.4 Å². The number of carbonyl (C=O) groups excluding carboxylic acids is 1. The number of nitrogens with zero attached hydrogens (tertiary/aromatic N) is 1. The summed E-state index contributed by atoms with van der Waals surface area (Å²) in [5.41, 5.74) is 0.805. The first kappa shape index (κ1) is 22.5. The molecule has 1 saturated heterocycles. The molecule has 1 aliphatic rings. The fourth-order valence-corrected chi connectivity index (χ4v) is 5.48. The number of rotatable bonds is 6. The van der Waals surface area contributed by atoms with Crippen molar-refractivity contribution in [3.8, 4) is 0 Å². The molecule has 3 rings (SSSR count). The van der Waals surface area contributed by atoms with E-state index in [9.17, 15) is 21.6 Å². The predicted octanol–water partition coefficient (Wildman–Crippen LogP) is 3.14. The third kappa shape index (κ3) is 5.51. The van der Waals surface area contributed by atoms with E-state index in [1.165, 1.54) is 46.8 Å². The van der Waals surface area contributed by atoms with Crippen molar-refractivity contribution in [2.45, 2.75) is 24.2 Å². The molecule has 2 aromatic carbocycles. The Bertz CT molecular complexity index is 1140. The van der Waals surface area contributed by atoms with Gasteiger partial charge in [0.25, 0.3) is 5.91 Å². The van der Waals surface area contributed by atoms with Crippen LogP contribution in [0.4, 0.5) is 11.4 Å². The molecule has 0 spiro atoms. The van der Waals surface area contributed by atoms with Gasteiger partial charge in [0.15, 0.2) is 0 Å². The normalized spacial score (nSPS) is 15.5. The van der Waals surface area contributed by atoms with Crippen molar-refractivity contribution < 1.29 is 21.6 Å². The highest BCUT2D eigenvalue weighted by Gasteiger charge is 2.25. The molecule has 8 nitrogen and oxygen atoms in total. The fraction of sp³-hybridized carbons (Fsp3) is 0.316. The lowest BCUT2D eigenvalue weighted by Crippen LogP contribution is -2.35. The van der Waals surface area contributed by atoms with Gasteiger partial charge in [0.1, 0.15) is 0 Å². The van der Waals surface area contributed by atoms with Crippen molar-refractivity contribution in [1.29, 1.82) is 0 Å². The maximum Gasteiger partial charge on any atom is 0.257 e. The average molecular weight is 472 g/mol. The third-order valence-corrected chi connectivity index (χ3v) is 7.41. The second-order valence-electron chi connectivity index (χ2n) is 7.01. The van der Waals surface area contributed by atoms with E-state index < -0.39 is 26.0 Å². The monoisotopic (exact) mass is 471 g/mol. The number of hydrogen-bond donors (Lipinski definition) is 2. The first-order chi connectivity index (χ1) is 14.1. The van der Waals surface area contributed by atoms with Crippen molar-refractivity contribution in [1.82, 2.24) is 4.31 Å². The first-order valence-electron chi connectivity index (χ1n) is 9.25. The van der Waals surface area contributed by atoms with Gasteiger partial charge in [-0.15, -0.1) is 0 Å². The van der Waals surface area contributed by atoms with Gasteiger partial charge in [0.05, 0.1) is 21.7 Å². The molecule has 30 heavy (non-hydrogen) atoms. The highest BCUT2D eigenvalue weighted by atomic mass is 35.5. The first-order valence-corrected chi connectivity index (χ1v) is 13.0. The van der Waals surface area contributed by atoms with Crippen molar-refractivity contribution in [2.24, 2.45) is 0 Å². The van der Waals surface area contributed by atoms with E-state index in [0.29, 0.717) is 18.8 Å². The number of anilines is 2. The second kappa shape index (κ2) is 8.93. The lowest BCUT2D eigenvalue weighted by atomic mass is 10.2. The largest absolute Gasteiger partial charge is 0.322 e. The lowest BCUT2D eigenvalue weighted by Gasteiger charge is -2.25. The van der Waals surface area contributed by atoms with Crippen LogP contribution >= 0.6 is 11.6 Å². The van der Waals surface area contributed by atoms with Gasteiger partial charge in [0.2, 0.25) is 20.0 Å². The van der Waals surface area contributed by atoms with E-state index in [1.54, 1.807) is 0 Å². The zero-order chi connectivity index (χ0) is 21.9. The Hall–Kier alpha value is -2.14. The number of piperidine rings is 1. The number of benzene rings is 2. The van der Waals surface area contributed by atoms with Gasteiger partial charge < -0.3 is 5.32 Å². The second-order valence-corrected chi connectivity index (χ2v) is 11.1. The van der Waals surface area contributed by atoms with Crippen molar-refractivity contribution in [3.63, 3.8) is 0 Å². The fourth-order valence-electron chi connectivity index (χ4n) is 3.14. The summed E-state index contributed by atoms with van der Waals surface area (Å²) in [6.45, 7) is 1.03. The minimum absolute atomic E-state index is 0.0745. The molecule has 11 heteroatoms.